The molecule has 1 amide bonds. The van der Waals surface area contributed by atoms with E-state index in [9.17, 15) is 24.9 Å². The second-order valence-corrected chi connectivity index (χ2v) is 12.5. The lowest BCUT2D eigenvalue weighted by Gasteiger charge is -2.65. The number of ether oxygens (including phenoxy) is 1. The third-order valence-corrected chi connectivity index (χ3v) is 11.0. The van der Waals surface area contributed by atoms with Crippen molar-refractivity contribution in [3.63, 3.8) is 0 Å². The zero-order valence-electron chi connectivity index (χ0n) is 21.8. The molecule has 1 aromatic rings. The molecule has 9 heteroatoms. The molecule has 5 aliphatic rings. The highest BCUT2D eigenvalue weighted by molar-refractivity contribution is 5.94. The third-order valence-electron chi connectivity index (χ3n) is 11.0. The van der Waals surface area contributed by atoms with E-state index in [2.05, 4.69) is 22.4 Å². The van der Waals surface area contributed by atoms with Gasteiger partial charge in [-0.25, -0.2) is 10.2 Å². The molecule has 8 atom stereocenters. The number of hydrogen-bond acceptors (Lipinski definition) is 8. The van der Waals surface area contributed by atoms with Crippen LogP contribution in [0.3, 0.4) is 0 Å². The second-order valence-electron chi connectivity index (χ2n) is 12.5. The number of pyridine rings is 1. The lowest BCUT2D eigenvalue weighted by molar-refractivity contribution is -0.237. The Kier molecular flexibility index (Phi) is 6.05. The first-order valence-electron chi connectivity index (χ1n) is 13.9. The number of hydrazone groups is 1. The number of nitrogens with zero attached hydrogens (tertiary/aromatic N) is 2. The van der Waals surface area contributed by atoms with Crippen molar-refractivity contribution in [3.05, 3.63) is 41.7 Å². The lowest BCUT2D eigenvalue weighted by Crippen LogP contribution is -2.68. The van der Waals surface area contributed by atoms with E-state index in [1.54, 1.807) is 36.8 Å². The predicted molar refractivity (Wildman–Crippen MR) is 138 cm³/mol. The molecule has 204 valence electrons. The van der Waals surface area contributed by atoms with Crippen LogP contribution < -0.4 is 5.43 Å². The summed E-state index contributed by atoms with van der Waals surface area (Å²) >= 11 is 0. The van der Waals surface area contributed by atoms with Crippen LogP contribution in [0.15, 0.2) is 41.3 Å². The van der Waals surface area contributed by atoms with Gasteiger partial charge in [0.1, 0.15) is 6.61 Å². The van der Waals surface area contributed by atoms with Crippen LogP contribution in [0, 0.1) is 28.6 Å². The largest absolute Gasteiger partial charge is 0.458 e. The second kappa shape index (κ2) is 8.96. The van der Waals surface area contributed by atoms with Crippen LogP contribution in [0.1, 0.15) is 75.1 Å². The number of aliphatic hydroxyl groups is 3. The van der Waals surface area contributed by atoms with Gasteiger partial charge in [-0.3, -0.25) is 9.78 Å². The first-order chi connectivity index (χ1) is 18.1. The summed E-state index contributed by atoms with van der Waals surface area (Å²) in [6.07, 6.45) is 11.2. The van der Waals surface area contributed by atoms with Crippen molar-refractivity contribution in [1.82, 2.24) is 10.4 Å². The summed E-state index contributed by atoms with van der Waals surface area (Å²) in [6.45, 7) is 2.46. The molecule has 6 rings (SSSR count). The van der Waals surface area contributed by atoms with Gasteiger partial charge in [-0.15, -0.1) is 0 Å². The van der Waals surface area contributed by atoms with E-state index in [1.807, 2.05) is 0 Å². The Labute approximate surface area is 222 Å². The Balaban J connectivity index is 1.33. The van der Waals surface area contributed by atoms with Crippen LogP contribution in [0.2, 0.25) is 0 Å². The fraction of sp³-hybridized carbons (Fsp3) is 0.655. The molecule has 1 aliphatic heterocycles. The molecule has 0 aromatic carbocycles. The van der Waals surface area contributed by atoms with Gasteiger partial charge in [0.15, 0.2) is 0 Å². The standard InChI is InChI=1S/C29H37N3O6/c1-26-8-3-22-23(29(26,37)11-5-21(26)19-14-24(34)38-16-19)4-10-28(36)15-20(33)2-9-27(22,28)17-31-32-25(35)18-6-12-30-13-7-18/h6-7,12-14,17,20-23,33,36-37H,2-5,8-11,15-16H2,1H3,(H,32,35)/b31-17+/t20-,21?,22+,23-,26?,27?,28?,29?/m1/s1. The summed E-state index contributed by atoms with van der Waals surface area (Å²) in [5.74, 6) is -0.703. The molecule has 4 fully saturated rings. The SMILES string of the molecule is CC12CC[C@H]3[C@@H](CCC4(O)C[C@H](O)CCC34/C=N/NC(=O)c3ccncc3)C1(O)CCC2C1=CC(=O)OC1. The average molecular weight is 524 g/mol. The zero-order chi connectivity index (χ0) is 26.8. The Hall–Kier alpha value is -2.62. The summed E-state index contributed by atoms with van der Waals surface area (Å²) in [7, 11) is 0. The Bertz CT molecular complexity index is 1190. The fourth-order valence-electron chi connectivity index (χ4n) is 9.13. The van der Waals surface area contributed by atoms with Crippen LogP contribution in [0.4, 0.5) is 0 Å². The first kappa shape index (κ1) is 25.6. The number of aliphatic hydroxyl groups excluding tert-OH is 1. The number of carbonyl (C=O) groups is 2. The van der Waals surface area contributed by atoms with E-state index in [-0.39, 0.29) is 36.1 Å². The van der Waals surface area contributed by atoms with Gasteiger partial charge >= 0.3 is 5.97 Å². The van der Waals surface area contributed by atoms with Gasteiger partial charge in [0.05, 0.1) is 17.3 Å². The molecule has 4 N–H and O–H groups in total. The molecule has 0 spiro atoms. The molecule has 38 heavy (non-hydrogen) atoms. The zero-order valence-corrected chi connectivity index (χ0v) is 21.8. The number of fused-ring (bicyclic) bond motifs is 5. The summed E-state index contributed by atoms with van der Waals surface area (Å²) in [5.41, 5.74) is 0.743. The molecular formula is C29H37N3O6. The van der Waals surface area contributed by atoms with Crippen LogP contribution in [0.5, 0.6) is 0 Å². The maximum absolute atomic E-state index is 12.7. The number of cyclic esters (lactones) is 1. The van der Waals surface area contributed by atoms with Crippen molar-refractivity contribution >= 4 is 18.1 Å². The number of carbonyl (C=O) groups excluding carboxylic acids is 2. The summed E-state index contributed by atoms with van der Waals surface area (Å²) in [4.78, 5) is 28.4. The van der Waals surface area contributed by atoms with Crippen molar-refractivity contribution < 1.29 is 29.6 Å². The van der Waals surface area contributed by atoms with Crippen molar-refractivity contribution in [2.24, 2.45) is 33.7 Å². The normalized spacial score (nSPS) is 44.1. The van der Waals surface area contributed by atoms with Crippen molar-refractivity contribution in [3.8, 4) is 0 Å². The van der Waals surface area contributed by atoms with E-state index in [0.29, 0.717) is 44.3 Å². The molecule has 0 bridgehead atoms. The van der Waals surface area contributed by atoms with E-state index >= 15 is 0 Å². The maximum Gasteiger partial charge on any atom is 0.331 e. The molecule has 9 nitrogen and oxygen atoms in total. The van der Waals surface area contributed by atoms with E-state index in [0.717, 1.165) is 24.8 Å². The van der Waals surface area contributed by atoms with Gasteiger partial charge in [0.25, 0.3) is 5.91 Å². The van der Waals surface area contributed by atoms with Gasteiger partial charge in [0, 0.05) is 47.5 Å². The highest BCUT2D eigenvalue weighted by atomic mass is 16.5. The van der Waals surface area contributed by atoms with Crippen LogP contribution in [-0.2, 0) is 9.53 Å². The molecular weight excluding hydrogens is 486 g/mol. The molecule has 1 aromatic heterocycles. The minimum Gasteiger partial charge on any atom is -0.458 e. The number of nitrogens with one attached hydrogen (secondary N) is 1. The maximum atomic E-state index is 12.7. The van der Waals surface area contributed by atoms with Crippen LogP contribution in [0.25, 0.3) is 0 Å². The third kappa shape index (κ3) is 3.62. The highest BCUT2D eigenvalue weighted by Gasteiger charge is 2.71. The summed E-state index contributed by atoms with van der Waals surface area (Å²) < 4.78 is 5.22. The Morgan fingerprint density at radius 1 is 1.11 bits per heavy atom. The minimum atomic E-state index is -1.17. The monoisotopic (exact) mass is 523 g/mol. The molecule has 4 aliphatic carbocycles. The Morgan fingerprint density at radius 3 is 2.61 bits per heavy atom. The average Bonchev–Trinajstić information content (AvgIpc) is 3.44. The molecule has 4 saturated carbocycles. The van der Waals surface area contributed by atoms with Gasteiger partial charge in [-0.1, -0.05) is 6.92 Å². The van der Waals surface area contributed by atoms with E-state index < -0.39 is 28.1 Å². The smallest absolute Gasteiger partial charge is 0.331 e. The summed E-state index contributed by atoms with van der Waals surface area (Å²) in [5, 5.41) is 39.4. The van der Waals surface area contributed by atoms with Gasteiger partial charge in [0.2, 0.25) is 0 Å². The van der Waals surface area contributed by atoms with Gasteiger partial charge in [-0.05, 0) is 86.8 Å². The fourth-order valence-corrected chi connectivity index (χ4v) is 9.13. The van der Waals surface area contributed by atoms with Crippen LogP contribution >= 0.6 is 0 Å². The topological polar surface area (TPSA) is 141 Å². The molecule has 0 radical (unpaired) electrons. The molecule has 0 saturated heterocycles. The van der Waals surface area contributed by atoms with E-state index in [1.165, 1.54) is 0 Å². The van der Waals surface area contributed by atoms with Crippen molar-refractivity contribution in [2.75, 3.05) is 6.61 Å². The number of aromatic nitrogens is 1. The quantitative estimate of drug-likeness (QED) is 0.270. The predicted octanol–water partition coefficient (Wildman–Crippen LogP) is 2.51. The lowest BCUT2D eigenvalue weighted by atomic mass is 9.41. The number of hydrogen-bond donors (Lipinski definition) is 4. The van der Waals surface area contributed by atoms with Crippen LogP contribution in [-0.4, -0.2) is 62.3 Å². The van der Waals surface area contributed by atoms with Crippen molar-refractivity contribution in [1.29, 1.82) is 0 Å². The van der Waals surface area contributed by atoms with Gasteiger partial charge in [-0.2, -0.15) is 5.10 Å². The minimum absolute atomic E-state index is 0.0532. The molecule has 5 unspecified atom stereocenters. The summed E-state index contributed by atoms with van der Waals surface area (Å²) in [6, 6.07) is 3.22. The number of amides is 1. The number of rotatable bonds is 4. The Morgan fingerprint density at radius 2 is 1.87 bits per heavy atom. The van der Waals surface area contributed by atoms with Crippen molar-refractivity contribution in [2.45, 2.75) is 82.0 Å². The highest BCUT2D eigenvalue weighted by Crippen LogP contribution is 2.70. The molecule has 2 heterocycles. The number of esters is 1. The van der Waals surface area contributed by atoms with Gasteiger partial charge < -0.3 is 20.1 Å². The first-order valence-corrected chi connectivity index (χ1v) is 13.9. The van der Waals surface area contributed by atoms with E-state index in [4.69, 9.17) is 4.74 Å².